The van der Waals surface area contributed by atoms with E-state index in [9.17, 15) is 0 Å². The average molecular weight is 215 g/mol. The molecule has 1 fully saturated rings. The standard InChI is InChI=1S/C13H17N3/c1-9(7-10-5-6-10)15-12-3-2-4-13-11(12)8-14-16-13/h2-4,8-10,15H,5-7H2,1H3,(H,14,16). The van der Waals surface area contributed by atoms with Gasteiger partial charge in [-0.2, -0.15) is 5.10 Å². The third-order valence-electron chi connectivity index (χ3n) is 3.27. The number of hydrogen-bond donors (Lipinski definition) is 2. The van der Waals surface area contributed by atoms with Gasteiger partial charge in [0.1, 0.15) is 0 Å². The molecule has 0 radical (unpaired) electrons. The molecule has 1 aliphatic rings. The summed E-state index contributed by atoms with van der Waals surface area (Å²) < 4.78 is 0. The maximum Gasteiger partial charge on any atom is 0.0671 e. The predicted molar refractivity (Wildman–Crippen MR) is 66.5 cm³/mol. The number of fused-ring (bicyclic) bond motifs is 1. The number of benzene rings is 1. The van der Waals surface area contributed by atoms with Crippen molar-refractivity contribution in [3.8, 4) is 0 Å². The van der Waals surface area contributed by atoms with Crippen LogP contribution in [0.5, 0.6) is 0 Å². The average Bonchev–Trinajstić information content (AvgIpc) is 2.94. The molecule has 0 amide bonds. The molecule has 1 unspecified atom stereocenters. The van der Waals surface area contributed by atoms with Crippen LogP contribution < -0.4 is 5.32 Å². The summed E-state index contributed by atoms with van der Waals surface area (Å²) in [6.45, 7) is 2.26. The van der Waals surface area contributed by atoms with E-state index in [1.807, 2.05) is 6.20 Å². The lowest BCUT2D eigenvalue weighted by Crippen LogP contribution is -2.15. The Bertz CT molecular complexity index is 485. The van der Waals surface area contributed by atoms with Crippen LogP contribution >= 0.6 is 0 Å². The predicted octanol–water partition coefficient (Wildman–Crippen LogP) is 3.16. The number of nitrogens with zero attached hydrogens (tertiary/aromatic N) is 1. The number of rotatable bonds is 4. The molecule has 1 atom stereocenters. The number of H-pyrrole nitrogens is 1. The zero-order valence-electron chi connectivity index (χ0n) is 9.53. The van der Waals surface area contributed by atoms with Crippen LogP contribution in [0.25, 0.3) is 10.9 Å². The smallest absolute Gasteiger partial charge is 0.0671 e. The van der Waals surface area contributed by atoms with E-state index in [0.29, 0.717) is 6.04 Å². The highest BCUT2D eigenvalue weighted by Crippen LogP contribution is 2.34. The van der Waals surface area contributed by atoms with Gasteiger partial charge in [0.15, 0.2) is 0 Å². The number of aromatic nitrogens is 2. The Kier molecular flexibility index (Phi) is 2.31. The second-order valence-corrected chi connectivity index (χ2v) is 4.86. The Morgan fingerprint density at radius 2 is 2.38 bits per heavy atom. The Morgan fingerprint density at radius 1 is 1.50 bits per heavy atom. The van der Waals surface area contributed by atoms with Crippen LogP contribution in [0, 0.1) is 5.92 Å². The Hall–Kier alpha value is -1.51. The van der Waals surface area contributed by atoms with E-state index in [0.717, 1.165) is 11.4 Å². The van der Waals surface area contributed by atoms with Crippen molar-refractivity contribution in [1.82, 2.24) is 10.2 Å². The number of aromatic amines is 1. The van der Waals surface area contributed by atoms with Gasteiger partial charge in [0.05, 0.1) is 11.7 Å². The van der Waals surface area contributed by atoms with Gasteiger partial charge < -0.3 is 5.32 Å². The van der Waals surface area contributed by atoms with Gasteiger partial charge in [-0.25, -0.2) is 0 Å². The van der Waals surface area contributed by atoms with Crippen LogP contribution in [0.1, 0.15) is 26.2 Å². The Morgan fingerprint density at radius 3 is 3.19 bits per heavy atom. The van der Waals surface area contributed by atoms with Crippen LogP contribution in [-0.4, -0.2) is 16.2 Å². The zero-order valence-corrected chi connectivity index (χ0v) is 9.53. The molecule has 3 rings (SSSR count). The molecule has 84 valence electrons. The van der Waals surface area contributed by atoms with Crippen LogP contribution in [0.4, 0.5) is 5.69 Å². The van der Waals surface area contributed by atoms with E-state index in [4.69, 9.17) is 0 Å². The lowest BCUT2D eigenvalue weighted by Gasteiger charge is -2.15. The maximum absolute atomic E-state index is 4.08. The first-order chi connectivity index (χ1) is 7.83. The van der Waals surface area contributed by atoms with Crippen molar-refractivity contribution in [3.63, 3.8) is 0 Å². The fraction of sp³-hybridized carbons (Fsp3) is 0.462. The summed E-state index contributed by atoms with van der Waals surface area (Å²) in [5.41, 5.74) is 2.29. The van der Waals surface area contributed by atoms with Crippen LogP contribution in [0.3, 0.4) is 0 Å². The van der Waals surface area contributed by atoms with E-state index >= 15 is 0 Å². The van der Waals surface area contributed by atoms with Crippen molar-refractivity contribution in [2.24, 2.45) is 5.92 Å². The minimum absolute atomic E-state index is 0.549. The minimum atomic E-state index is 0.549. The van der Waals surface area contributed by atoms with E-state index in [1.165, 1.54) is 30.3 Å². The van der Waals surface area contributed by atoms with Gasteiger partial charge in [0, 0.05) is 17.1 Å². The normalized spacial score (nSPS) is 17.6. The highest BCUT2D eigenvalue weighted by Gasteiger charge is 2.23. The molecule has 1 aromatic carbocycles. The van der Waals surface area contributed by atoms with Crippen LogP contribution in [-0.2, 0) is 0 Å². The van der Waals surface area contributed by atoms with Crippen molar-refractivity contribution in [2.45, 2.75) is 32.2 Å². The number of hydrogen-bond acceptors (Lipinski definition) is 2. The summed E-state index contributed by atoms with van der Waals surface area (Å²) in [6.07, 6.45) is 6.01. The van der Waals surface area contributed by atoms with Crippen LogP contribution in [0.2, 0.25) is 0 Å². The lowest BCUT2D eigenvalue weighted by atomic mass is 10.1. The second-order valence-electron chi connectivity index (χ2n) is 4.86. The third-order valence-corrected chi connectivity index (χ3v) is 3.27. The van der Waals surface area contributed by atoms with E-state index in [1.54, 1.807) is 0 Å². The Labute approximate surface area is 95.2 Å². The van der Waals surface area contributed by atoms with Gasteiger partial charge in [0.2, 0.25) is 0 Å². The highest BCUT2D eigenvalue weighted by molar-refractivity contribution is 5.90. The quantitative estimate of drug-likeness (QED) is 0.822. The largest absolute Gasteiger partial charge is 0.382 e. The molecule has 1 aromatic heterocycles. The van der Waals surface area contributed by atoms with Crippen molar-refractivity contribution >= 4 is 16.6 Å². The highest BCUT2D eigenvalue weighted by atomic mass is 15.1. The van der Waals surface area contributed by atoms with E-state index in [-0.39, 0.29) is 0 Å². The molecule has 0 aliphatic heterocycles. The molecule has 1 aliphatic carbocycles. The molecule has 0 bridgehead atoms. The topological polar surface area (TPSA) is 40.7 Å². The summed E-state index contributed by atoms with van der Waals surface area (Å²) in [7, 11) is 0. The molecule has 0 saturated heterocycles. The molecular formula is C13H17N3. The first-order valence-corrected chi connectivity index (χ1v) is 6.01. The fourth-order valence-electron chi connectivity index (χ4n) is 2.27. The molecule has 1 saturated carbocycles. The first kappa shape index (κ1) is 9.70. The van der Waals surface area contributed by atoms with Gasteiger partial charge in [-0.1, -0.05) is 18.9 Å². The van der Waals surface area contributed by atoms with Crippen LogP contribution in [0.15, 0.2) is 24.4 Å². The van der Waals surface area contributed by atoms with Gasteiger partial charge in [-0.15, -0.1) is 0 Å². The molecule has 2 N–H and O–H groups in total. The molecule has 1 heterocycles. The maximum atomic E-state index is 4.08. The minimum Gasteiger partial charge on any atom is -0.382 e. The third kappa shape index (κ3) is 1.90. The van der Waals surface area contributed by atoms with Crippen molar-refractivity contribution in [2.75, 3.05) is 5.32 Å². The van der Waals surface area contributed by atoms with E-state index < -0.39 is 0 Å². The van der Waals surface area contributed by atoms with E-state index in [2.05, 4.69) is 40.6 Å². The van der Waals surface area contributed by atoms with Gasteiger partial charge in [0.25, 0.3) is 0 Å². The number of anilines is 1. The molecule has 2 aromatic rings. The van der Waals surface area contributed by atoms with Gasteiger partial charge >= 0.3 is 0 Å². The van der Waals surface area contributed by atoms with Crippen molar-refractivity contribution < 1.29 is 0 Å². The monoisotopic (exact) mass is 215 g/mol. The Balaban J connectivity index is 1.79. The van der Waals surface area contributed by atoms with Gasteiger partial charge in [-0.05, 0) is 31.4 Å². The zero-order chi connectivity index (χ0) is 11.0. The number of nitrogens with one attached hydrogen (secondary N) is 2. The molecule has 16 heavy (non-hydrogen) atoms. The first-order valence-electron chi connectivity index (χ1n) is 6.01. The molecule has 3 nitrogen and oxygen atoms in total. The molecule has 0 spiro atoms. The summed E-state index contributed by atoms with van der Waals surface area (Å²) in [5.74, 6) is 0.964. The second kappa shape index (κ2) is 3.81. The summed E-state index contributed by atoms with van der Waals surface area (Å²) in [4.78, 5) is 0. The van der Waals surface area contributed by atoms with Gasteiger partial charge in [-0.3, -0.25) is 5.10 Å². The fourth-order valence-corrected chi connectivity index (χ4v) is 2.27. The summed E-state index contributed by atoms with van der Waals surface area (Å²) >= 11 is 0. The SMILES string of the molecule is CC(CC1CC1)Nc1cccc2[nH]ncc12. The van der Waals surface area contributed by atoms with Crippen molar-refractivity contribution in [3.05, 3.63) is 24.4 Å². The summed E-state index contributed by atoms with van der Waals surface area (Å²) in [5, 5.41) is 11.8. The molecule has 3 heteroatoms. The molecular weight excluding hydrogens is 198 g/mol. The lowest BCUT2D eigenvalue weighted by molar-refractivity contribution is 0.643. The summed E-state index contributed by atoms with van der Waals surface area (Å²) in [6, 6.07) is 6.79. The van der Waals surface area contributed by atoms with Crippen molar-refractivity contribution in [1.29, 1.82) is 0 Å².